The van der Waals surface area contributed by atoms with Crippen molar-refractivity contribution < 1.29 is 19.4 Å². The average Bonchev–Trinajstić information content (AvgIpc) is 2.13. The molecule has 0 saturated heterocycles. The summed E-state index contributed by atoms with van der Waals surface area (Å²) in [6, 6.07) is -0.0153. The lowest BCUT2D eigenvalue weighted by Gasteiger charge is -2.12. The van der Waals surface area contributed by atoms with Crippen molar-refractivity contribution in [1.29, 1.82) is 0 Å². The van der Waals surface area contributed by atoms with E-state index in [2.05, 4.69) is 5.32 Å². The molecule has 5 nitrogen and oxygen atoms in total. The first kappa shape index (κ1) is 13.4. The van der Waals surface area contributed by atoms with Crippen molar-refractivity contribution in [2.24, 2.45) is 0 Å². The molecule has 0 heterocycles. The molecule has 0 aliphatic carbocycles. The van der Waals surface area contributed by atoms with Crippen molar-refractivity contribution in [2.45, 2.75) is 19.4 Å². The average molecular weight is 205 g/mol. The molecule has 5 heteroatoms. The number of aliphatic hydroxyl groups excluding tert-OH is 1. The van der Waals surface area contributed by atoms with E-state index in [0.717, 1.165) is 0 Å². The Hall–Kier alpha value is -0.650. The number of hydrogen-bond donors (Lipinski definition) is 2. The van der Waals surface area contributed by atoms with E-state index in [0.29, 0.717) is 19.6 Å². The van der Waals surface area contributed by atoms with Crippen LogP contribution in [0.3, 0.4) is 0 Å². The Balaban J connectivity index is 3.35. The fraction of sp³-hybridized carbons (Fsp3) is 0.889. The maximum Gasteiger partial charge on any atom is 0.246 e. The van der Waals surface area contributed by atoms with E-state index in [-0.39, 0.29) is 25.2 Å². The van der Waals surface area contributed by atoms with Gasteiger partial charge in [0.25, 0.3) is 0 Å². The number of methoxy groups -OCH3 is 1. The zero-order chi connectivity index (χ0) is 10.8. The fourth-order valence-electron chi connectivity index (χ4n) is 0.889. The normalized spacial score (nSPS) is 12.5. The van der Waals surface area contributed by atoms with Crippen molar-refractivity contribution >= 4 is 5.91 Å². The number of aliphatic hydroxyl groups is 1. The zero-order valence-electron chi connectivity index (χ0n) is 8.78. The Labute approximate surface area is 84.4 Å². The minimum atomic E-state index is -0.165. The van der Waals surface area contributed by atoms with Crippen molar-refractivity contribution in [2.75, 3.05) is 33.5 Å². The van der Waals surface area contributed by atoms with Gasteiger partial charge < -0.3 is 19.9 Å². The summed E-state index contributed by atoms with van der Waals surface area (Å²) in [6.45, 7) is 2.85. The molecule has 0 rings (SSSR count). The Morgan fingerprint density at radius 2 is 2.21 bits per heavy atom. The summed E-state index contributed by atoms with van der Waals surface area (Å²) < 4.78 is 9.77. The van der Waals surface area contributed by atoms with Gasteiger partial charge in [0.1, 0.15) is 6.61 Å². The van der Waals surface area contributed by atoms with Crippen molar-refractivity contribution in [3.05, 3.63) is 0 Å². The molecule has 1 atom stereocenters. The van der Waals surface area contributed by atoms with Gasteiger partial charge in [-0.3, -0.25) is 4.79 Å². The third-order valence-electron chi connectivity index (χ3n) is 1.63. The summed E-state index contributed by atoms with van der Waals surface area (Å²) in [6.07, 6.45) is 0.559. The lowest BCUT2D eigenvalue weighted by molar-refractivity contribution is -0.126. The number of carbonyl (C=O) groups is 1. The van der Waals surface area contributed by atoms with Crippen LogP contribution in [0.2, 0.25) is 0 Å². The Kier molecular flexibility index (Phi) is 8.51. The van der Waals surface area contributed by atoms with Gasteiger partial charge in [-0.25, -0.2) is 0 Å². The maximum atomic E-state index is 11.1. The van der Waals surface area contributed by atoms with Crippen LogP contribution in [0.5, 0.6) is 0 Å². The number of rotatable bonds is 8. The summed E-state index contributed by atoms with van der Waals surface area (Å²) in [4.78, 5) is 11.1. The van der Waals surface area contributed by atoms with Gasteiger partial charge in [-0.1, -0.05) is 0 Å². The molecular formula is C9H19NO4. The van der Waals surface area contributed by atoms with Crippen LogP contribution in [0.15, 0.2) is 0 Å². The van der Waals surface area contributed by atoms with E-state index in [1.165, 1.54) is 0 Å². The van der Waals surface area contributed by atoms with Crippen LogP contribution in [0.1, 0.15) is 13.3 Å². The second kappa shape index (κ2) is 8.93. The van der Waals surface area contributed by atoms with Crippen LogP contribution in [-0.4, -0.2) is 50.6 Å². The maximum absolute atomic E-state index is 11.1. The third-order valence-corrected chi connectivity index (χ3v) is 1.63. The summed E-state index contributed by atoms with van der Waals surface area (Å²) in [5.41, 5.74) is 0. The fourth-order valence-corrected chi connectivity index (χ4v) is 0.889. The van der Waals surface area contributed by atoms with Crippen LogP contribution in [0.4, 0.5) is 0 Å². The minimum Gasteiger partial charge on any atom is -0.396 e. The van der Waals surface area contributed by atoms with Gasteiger partial charge in [-0.05, 0) is 13.3 Å². The second-order valence-electron chi connectivity index (χ2n) is 3.03. The molecule has 1 unspecified atom stereocenters. The molecule has 0 fully saturated rings. The van der Waals surface area contributed by atoms with Crippen LogP contribution in [0.25, 0.3) is 0 Å². The smallest absolute Gasteiger partial charge is 0.246 e. The minimum absolute atomic E-state index is 0.0153. The zero-order valence-corrected chi connectivity index (χ0v) is 8.78. The highest BCUT2D eigenvalue weighted by Crippen LogP contribution is 1.88. The molecular weight excluding hydrogens is 186 g/mol. The molecule has 0 saturated carbocycles. The van der Waals surface area contributed by atoms with Gasteiger partial charge in [0.2, 0.25) is 5.91 Å². The molecule has 0 aliphatic rings. The highest BCUT2D eigenvalue weighted by Gasteiger charge is 2.05. The highest BCUT2D eigenvalue weighted by molar-refractivity contribution is 5.77. The molecule has 0 radical (unpaired) electrons. The first-order valence-electron chi connectivity index (χ1n) is 4.67. The van der Waals surface area contributed by atoms with Crippen LogP contribution >= 0.6 is 0 Å². The summed E-state index contributed by atoms with van der Waals surface area (Å²) in [5.74, 6) is -0.165. The van der Waals surface area contributed by atoms with Crippen molar-refractivity contribution in [3.8, 4) is 0 Å². The van der Waals surface area contributed by atoms with Crippen molar-refractivity contribution in [3.63, 3.8) is 0 Å². The van der Waals surface area contributed by atoms with E-state index in [4.69, 9.17) is 14.6 Å². The Morgan fingerprint density at radius 1 is 1.50 bits per heavy atom. The molecule has 0 spiro atoms. The third kappa shape index (κ3) is 7.97. The van der Waals surface area contributed by atoms with Gasteiger partial charge >= 0.3 is 0 Å². The monoisotopic (exact) mass is 205 g/mol. The largest absolute Gasteiger partial charge is 0.396 e. The van der Waals surface area contributed by atoms with Crippen LogP contribution in [-0.2, 0) is 14.3 Å². The first-order valence-corrected chi connectivity index (χ1v) is 4.67. The molecule has 84 valence electrons. The Bertz CT molecular complexity index is 152. The van der Waals surface area contributed by atoms with Crippen LogP contribution < -0.4 is 5.32 Å². The number of amides is 1. The van der Waals surface area contributed by atoms with Gasteiger partial charge in [0.15, 0.2) is 0 Å². The van der Waals surface area contributed by atoms with E-state index >= 15 is 0 Å². The molecule has 0 bridgehead atoms. The summed E-state index contributed by atoms with van der Waals surface area (Å²) >= 11 is 0. The Morgan fingerprint density at radius 3 is 2.79 bits per heavy atom. The van der Waals surface area contributed by atoms with Gasteiger partial charge in [-0.2, -0.15) is 0 Å². The number of nitrogens with one attached hydrogen (secondary N) is 1. The molecule has 1 amide bonds. The topological polar surface area (TPSA) is 67.8 Å². The second-order valence-corrected chi connectivity index (χ2v) is 3.03. The summed E-state index contributed by atoms with van der Waals surface area (Å²) in [7, 11) is 1.58. The molecule has 0 aromatic carbocycles. The van der Waals surface area contributed by atoms with E-state index < -0.39 is 0 Å². The van der Waals surface area contributed by atoms with E-state index in [1.807, 2.05) is 6.92 Å². The number of ether oxygens (including phenoxy) is 2. The number of carbonyl (C=O) groups excluding carboxylic acids is 1. The standard InChI is InChI=1S/C9H19NO4/c1-8(3-4-11)10-9(12)7-14-6-5-13-2/h8,11H,3-7H2,1-2H3,(H,10,12). The predicted molar refractivity (Wildman–Crippen MR) is 52.0 cm³/mol. The lowest BCUT2D eigenvalue weighted by Crippen LogP contribution is -2.36. The van der Waals surface area contributed by atoms with Gasteiger partial charge in [0.05, 0.1) is 13.2 Å². The van der Waals surface area contributed by atoms with Gasteiger partial charge in [-0.15, -0.1) is 0 Å². The van der Waals surface area contributed by atoms with Crippen LogP contribution in [0, 0.1) is 0 Å². The molecule has 0 aromatic rings. The summed E-state index contributed by atoms with van der Waals surface area (Å²) in [5, 5.41) is 11.3. The highest BCUT2D eigenvalue weighted by atomic mass is 16.5. The molecule has 14 heavy (non-hydrogen) atoms. The SMILES string of the molecule is COCCOCC(=O)NC(C)CCO. The van der Waals surface area contributed by atoms with Crippen molar-refractivity contribution in [1.82, 2.24) is 5.32 Å². The van der Waals surface area contributed by atoms with E-state index in [9.17, 15) is 4.79 Å². The molecule has 0 aliphatic heterocycles. The predicted octanol–water partition coefficient (Wildman–Crippen LogP) is -0.463. The van der Waals surface area contributed by atoms with E-state index in [1.54, 1.807) is 7.11 Å². The lowest BCUT2D eigenvalue weighted by atomic mass is 10.2. The van der Waals surface area contributed by atoms with Gasteiger partial charge in [0, 0.05) is 19.8 Å². The molecule has 0 aromatic heterocycles. The quantitative estimate of drug-likeness (QED) is 0.526. The first-order chi connectivity index (χ1) is 6.70. The molecule has 2 N–H and O–H groups in total. The number of hydrogen-bond acceptors (Lipinski definition) is 4.